The Balaban J connectivity index is 2.15. The third-order valence-electron chi connectivity index (χ3n) is 2.82. The van der Waals surface area contributed by atoms with E-state index >= 15 is 0 Å². The van der Waals surface area contributed by atoms with Gasteiger partial charge in [0.05, 0.1) is 0 Å². The lowest BCUT2D eigenvalue weighted by Crippen LogP contribution is -2.51. The zero-order valence-electron chi connectivity index (χ0n) is 8.61. The van der Waals surface area contributed by atoms with Crippen LogP contribution in [-0.2, 0) is 0 Å². The fraction of sp³-hybridized carbons (Fsp3) is 0.545. The molecule has 1 fully saturated rings. The SMILES string of the molecule is CCC1CNCCN1c1ccncc1. The van der Waals surface area contributed by atoms with E-state index in [4.69, 9.17) is 0 Å². The van der Waals surface area contributed by atoms with E-state index in [1.807, 2.05) is 12.4 Å². The molecule has 1 saturated heterocycles. The molecule has 0 saturated carbocycles. The second-order valence-corrected chi connectivity index (χ2v) is 3.67. The molecule has 2 heterocycles. The zero-order valence-corrected chi connectivity index (χ0v) is 8.61. The van der Waals surface area contributed by atoms with E-state index in [-0.39, 0.29) is 0 Å². The molecule has 1 aliphatic rings. The standard InChI is InChI=1S/C11H17N3/c1-2-10-9-13-7-8-14(10)11-3-5-12-6-4-11/h3-6,10,13H,2,7-9H2,1H3. The monoisotopic (exact) mass is 191 g/mol. The average molecular weight is 191 g/mol. The van der Waals surface area contributed by atoms with Crippen LogP contribution in [0, 0.1) is 0 Å². The Bertz CT molecular complexity index is 273. The summed E-state index contributed by atoms with van der Waals surface area (Å²) in [6.45, 7) is 5.52. The van der Waals surface area contributed by atoms with Crippen molar-refractivity contribution in [2.24, 2.45) is 0 Å². The second-order valence-electron chi connectivity index (χ2n) is 3.67. The Morgan fingerprint density at radius 2 is 2.29 bits per heavy atom. The molecule has 1 atom stereocenters. The van der Waals surface area contributed by atoms with Crippen molar-refractivity contribution in [2.45, 2.75) is 19.4 Å². The van der Waals surface area contributed by atoms with Gasteiger partial charge < -0.3 is 10.2 Å². The fourth-order valence-electron chi connectivity index (χ4n) is 2.00. The number of nitrogens with one attached hydrogen (secondary N) is 1. The number of piperazine rings is 1. The number of anilines is 1. The molecular formula is C11H17N3. The lowest BCUT2D eigenvalue weighted by atomic mass is 10.1. The molecule has 0 amide bonds. The van der Waals surface area contributed by atoms with Crippen molar-refractivity contribution >= 4 is 5.69 Å². The van der Waals surface area contributed by atoms with Crippen molar-refractivity contribution in [3.63, 3.8) is 0 Å². The van der Waals surface area contributed by atoms with Crippen LogP contribution < -0.4 is 10.2 Å². The molecule has 1 N–H and O–H groups in total. The van der Waals surface area contributed by atoms with E-state index in [0.29, 0.717) is 6.04 Å². The highest BCUT2D eigenvalue weighted by Crippen LogP contribution is 2.18. The normalized spacial score (nSPS) is 22.4. The topological polar surface area (TPSA) is 28.2 Å². The van der Waals surface area contributed by atoms with E-state index < -0.39 is 0 Å². The maximum atomic E-state index is 4.05. The van der Waals surface area contributed by atoms with Gasteiger partial charge in [-0.05, 0) is 18.6 Å². The van der Waals surface area contributed by atoms with Crippen molar-refractivity contribution < 1.29 is 0 Å². The molecule has 0 radical (unpaired) electrons. The Hall–Kier alpha value is -1.09. The van der Waals surface area contributed by atoms with Crippen molar-refractivity contribution in [3.05, 3.63) is 24.5 Å². The van der Waals surface area contributed by atoms with Gasteiger partial charge in [0.15, 0.2) is 0 Å². The molecule has 0 aromatic carbocycles. The summed E-state index contributed by atoms with van der Waals surface area (Å²) >= 11 is 0. The lowest BCUT2D eigenvalue weighted by Gasteiger charge is -2.37. The van der Waals surface area contributed by atoms with Gasteiger partial charge in [-0.3, -0.25) is 4.98 Å². The number of rotatable bonds is 2. The summed E-state index contributed by atoms with van der Waals surface area (Å²) in [5.41, 5.74) is 1.30. The minimum absolute atomic E-state index is 0.631. The molecular weight excluding hydrogens is 174 g/mol. The summed E-state index contributed by atoms with van der Waals surface area (Å²) in [5.74, 6) is 0. The van der Waals surface area contributed by atoms with Crippen LogP contribution in [0.3, 0.4) is 0 Å². The number of hydrogen-bond acceptors (Lipinski definition) is 3. The first kappa shape index (κ1) is 9.46. The van der Waals surface area contributed by atoms with Gasteiger partial charge in [-0.2, -0.15) is 0 Å². The summed E-state index contributed by atoms with van der Waals surface area (Å²) in [5, 5.41) is 3.43. The highest BCUT2D eigenvalue weighted by molar-refractivity contribution is 5.46. The quantitative estimate of drug-likeness (QED) is 0.763. The molecule has 0 spiro atoms. The smallest absolute Gasteiger partial charge is 0.0412 e. The van der Waals surface area contributed by atoms with Gasteiger partial charge in [0.2, 0.25) is 0 Å². The van der Waals surface area contributed by atoms with Crippen LogP contribution >= 0.6 is 0 Å². The Labute approximate surface area is 85.1 Å². The maximum absolute atomic E-state index is 4.05. The molecule has 76 valence electrons. The van der Waals surface area contributed by atoms with Crippen molar-refractivity contribution in [1.82, 2.24) is 10.3 Å². The third-order valence-corrected chi connectivity index (χ3v) is 2.82. The van der Waals surface area contributed by atoms with Crippen LogP contribution in [-0.4, -0.2) is 30.7 Å². The molecule has 1 aromatic heterocycles. The molecule has 1 unspecified atom stereocenters. The minimum atomic E-state index is 0.631. The summed E-state index contributed by atoms with van der Waals surface area (Å²) < 4.78 is 0. The Morgan fingerprint density at radius 1 is 1.50 bits per heavy atom. The van der Waals surface area contributed by atoms with Gasteiger partial charge in [-0.15, -0.1) is 0 Å². The van der Waals surface area contributed by atoms with E-state index in [1.165, 1.54) is 12.1 Å². The third kappa shape index (κ3) is 1.87. The molecule has 2 rings (SSSR count). The number of aromatic nitrogens is 1. The van der Waals surface area contributed by atoms with E-state index in [0.717, 1.165) is 19.6 Å². The largest absolute Gasteiger partial charge is 0.366 e. The van der Waals surface area contributed by atoms with E-state index in [9.17, 15) is 0 Å². The van der Waals surface area contributed by atoms with Crippen molar-refractivity contribution in [1.29, 1.82) is 0 Å². The van der Waals surface area contributed by atoms with Gasteiger partial charge in [0, 0.05) is 43.8 Å². The number of pyridine rings is 1. The predicted molar refractivity (Wildman–Crippen MR) is 58.5 cm³/mol. The van der Waals surface area contributed by atoms with Crippen LogP contribution in [0.5, 0.6) is 0 Å². The zero-order chi connectivity index (χ0) is 9.80. The number of hydrogen-bond donors (Lipinski definition) is 1. The molecule has 3 nitrogen and oxygen atoms in total. The predicted octanol–water partition coefficient (Wildman–Crippen LogP) is 1.27. The summed E-state index contributed by atoms with van der Waals surface area (Å²) in [4.78, 5) is 6.52. The molecule has 0 bridgehead atoms. The van der Waals surface area contributed by atoms with Crippen LogP contribution in [0.15, 0.2) is 24.5 Å². The van der Waals surface area contributed by atoms with Crippen LogP contribution in [0.4, 0.5) is 5.69 Å². The average Bonchev–Trinajstić information content (AvgIpc) is 2.30. The van der Waals surface area contributed by atoms with Crippen molar-refractivity contribution in [2.75, 3.05) is 24.5 Å². The lowest BCUT2D eigenvalue weighted by molar-refractivity contribution is 0.466. The number of nitrogens with zero attached hydrogens (tertiary/aromatic N) is 2. The van der Waals surface area contributed by atoms with Gasteiger partial charge in [-0.25, -0.2) is 0 Å². The maximum Gasteiger partial charge on any atom is 0.0412 e. The van der Waals surface area contributed by atoms with Gasteiger partial charge in [-0.1, -0.05) is 6.92 Å². The Kier molecular flexibility index (Phi) is 2.99. The van der Waals surface area contributed by atoms with Gasteiger partial charge in [0.1, 0.15) is 0 Å². The summed E-state index contributed by atoms with van der Waals surface area (Å²) in [6, 6.07) is 4.81. The first-order valence-electron chi connectivity index (χ1n) is 5.29. The summed E-state index contributed by atoms with van der Waals surface area (Å²) in [7, 11) is 0. The minimum Gasteiger partial charge on any atom is -0.366 e. The highest BCUT2D eigenvalue weighted by atomic mass is 15.2. The fourth-order valence-corrected chi connectivity index (χ4v) is 2.00. The first-order chi connectivity index (χ1) is 6.92. The van der Waals surface area contributed by atoms with Crippen LogP contribution in [0.25, 0.3) is 0 Å². The van der Waals surface area contributed by atoms with E-state index in [1.54, 1.807) is 0 Å². The first-order valence-corrected chi connectivity index (χ1v) is 5.29. The van der Waals surface area contributed by atoms with Crippen molar-refractivity contribution in [3.8, 4) is 0 Å². The molecule has 1 aromatic rings. The van der Waals surface area contributed by atoms with Gasteiger partial charge in [0.25, 0.3) is 0 Å². The molecule has 14 heavy (non-hydrogen) atoms. The van der Waals surface area contributed by atoms with Gasteiger partial charge >= 0.3 is 0 Å². The Morgan fingerprint density at radius 3 is 3.00 bits per heavy atom. The molecule has 0 aliphatic carbocycles. The molecule has 3 heteroatoms. The highest BCUT2D eigenvalue weighted by Gasteiger charge is 2.20. The molecule has 1 aliphatic heterocycles. The van der Waals surface area contributed by atoms with Crippen LogP contribution in [0.1, 0.15) is 13.3 Å². The second kappa shape index (κ2) is 4.42. The van der Waals surface area contributed by atoms with E-state index in [2.05, 4.69) is 34.3 Å². The summed E-state index contributed by atoms with van der Waals surface area (Å²) in [6.07, 6.45) is 4.92. The van der Waals surface area contributed by atoms with Crippen LogP contribution in [0.2, 0.25) is 0 Å².